The lowest BCUT2D eigenvalue weighted by atomic mass is 10.2. The number of pyridine rings is 1. The van der Waals surface area contributed by atoms with Crippen LogP contribution in [-0.2, 0) is 5.75 Å². The Hall–Kier alpha value is -1.81. The molecular weight excluding hydrogens is 244 g/mol. The zero-order valence-electron chi connectivity index (χ0n) is 10.1. The average molecular weight is 258 g/mol. The molecule has 0 aliphatic rings. The number of aryl methyl sites for hydroxylation is 1. The van der Waals surface area contributed by atoms with Crippen LogP contribution in [0.25, 0.3) is 0 Å². The van der Waals surface area contributed by atoms with E-state index in [1.54, 1.807) is 12.1 Å². The van der Waals surface area contributed by atoms with Crippen LogP contribution < -0.4 is 5.73 Å². The molecule has 0 bridgehead atoms. The number of nitrogens with two attached hydrogens (primary N) is 1. The van der Waals surface area contributed by atoms with E-state index in [0.717, 1.165) is 11.4 Å². The number of amides is 1. The highest BCUT2D eigenvalue weighted by Crippen LogP contribution is 2.24. The SMILES string of the molecule is Cc1ccc(C(N)=O)c(SCc2ccccc2)n1. The molecule has 0 aliphatic heterocycles. The Morgan fingerprint density at radius 2 is 1.94 bits per heavy atom. The number of carbonyl (C=O) groups excluding carboxylic acids is 1. The summed E-state index contributed by atoms with van der Waals surface area (Å²) >= 11 is 1.53. The monoisotopic (exact) mass is 258 g/mol. The van der Waals surface area contributed by atoms with Gasteiger partial charge in [-0.1, -0.05) is 30.3 Å². The van der Waals surface area contributed by atoms with Gasteiger partial charge in [0, 0.05) is 11.4 Å². The highest BCUT2D eigenvalue weighted by Gasteiger charge is 2.10. The third-order valence-corrected chi connectivity index (χ3v) is 3.55. The number of carbonyl (C=O) groups is 1. The van der Waals surface area contributed by atoms with Crippen LogP contribution >= 0.6 is 11.8 Å². The topological polar surface area (TPSA) is 56.0 Å². The maximum absolute atomic E-state index is 11.3. The second kappa shape index (κ2) is 5.69. The quantitative estimate of drug-likeness (QED) is 0.858. The van der Waals surface area contributed by atoms with Crippen molar-refractivity contribution in [1.82, 2.24) is 4.98 Å². The van der Waals surface area contributed by atoms with E-state index in [4.69, 9.17) is 5.73 Å². The van der Waals surface area contributed by atoms with Crippen LogP contribution in [0, 0.1) is 6.92 Å². The van der Waals surface area contributed by atoms with Gasteiger partial charge in [0.05, 0.1) is 5.56 Å². The molecule has 0 aliphatic carbocycles. The maximum Gasteiger partial charge on any atom is 0.251 e. The normalized spacial score (nSPS) is 10.3. The molecule has 18 heavy (non-hydrogen) atoms. The number of aromatic nitrogens is 1. The number of hydrogen-bond acceptors (Lipinski definition) is 3. The number of primary amides is 1. The van der Waals surface area contributed by atoms with Gasteiger partial charge in [0.25, 0.3) is 5.91 Å². The second-order valence-corrected chi connectivity index (χ2v) is 4.91. The molecule has 2 rings (SSSR count). The fraction of sp³-hybridized carbons (Fsp3) is 0.143. The highest BCUT2D eigenvalue weighted by atomic mass is 32.2. The summed E-state index contributed by atoms with van der Waals surface area (Å²) < 4.78 is 0. The van der Waals surface area contributed by atoms with Crippen molar-refractivity contribution in [3.8, 4) is 0 Å². The summed E-state index contributed by atoms with van der Waals surface area (Å²) in [6.45, 7) is 1.90. The molecule has 2 N–H and O–H groups in total. The summed E-state index contributed by atoms with van der Waals surface area (Å²) in [5.41, 5.74) is 7.91. The molecule has 0 saturated carbocycles. The number of rotatable bonds is 4. The lowest BCUT2D eigenvalue weighted by Gasteiger charge is -2.06. The molecule has 0 atom stereocenters. The first-order valence-electron chi connectivity index (χ1n) is 5.61. The van der Waals surface area contributed by atoms with Crippen molar-refractivity contribution >= 4 is 17.7 Å². The zero-order valence-corrected chi connectivity index (χ0v) is 10.9. The molecule has 4 heteroatoms. The Morgan fingerprint density at radius 3 is 2.61 bits per heavy atom. The molecule has 1 heterocycles. The zero-order chi connectivity index (χ0) is 13.0. The third-order valence-electron chi connectivity index (χ3n) is 2.48. The van der Waals surface area contributed by atoms with Crippen molar-refractivity contribution in [1.29, 1.82) is 0 Å². The predicted octanol–water partition coefficient (Wildman–Crippen LogP) is 2.78. The summed E-state index contributed by atoms with van der Waals surface area (Å²) in [6.07, 6.45) is 0. The largest absolute Gasteiger partial charge is 0.366 e. The van der Waals surface area contributed by atoms with Crippen molar-refractivity contribution in [2.45, 2.75) is 17.7 Å². The van der Waals surface area contributed by atoms with Crippen LogP contribution in [0.1, 0.15) is 21.6 Å². The number of nitrogens with zero attached hydrogens (tertiary/aromatic N) is 1. The fourth-order valence-electron chi connectivity index (χ4n) is 1.56. The minimum Gasteiger partial charge on any atom is -0.366 e. The van der Waals surface area contributed by atoms with E-state index in [-0.39, 0.29) is 0 Å². The van der Waals surface area contributed by atoms with Gasteiger partial charge in [-0.25, -0.2) is 4.98 Å². The molecule has 3 nitrogen and oxygen atoms in total. The summed E-state index contributed by atoms with van der Waals surface area (Å²) in [7, 11) is 0. The maximum atomic E-state index is 11.3. The van der Waals surface area contributed by atoms with Gasteiger partial charge in [0.2, 0.25) is 0 Å². The van der Waals surface area contributed by atoms with Gasteiger partial charge in [-0.3, -0.25) is 4.79 Å². The van der Waals surface area contributed by atoms with Crippen LogP contribution in [0.15, 0.2) is 47.5 Å². The van der Waals surface area contributed by atoms with Crippen molar-refractivity contribution in [2.24, 2.45) is 5.73 Å². The average Bonchev–Trinajstić information content (AvgIpc) is 2.37. The smallest absolute Gasteiger partial charge is 0.251 e. The first-order valence-corrected chi connectivity index (χ1v) is 6.59. The number of benzene rings is 1. The standard InChI is InChI=1S/C14H14N2OS/c1-10-7-8-12(13(15)17)14(16-10)18-9-11-5-3-2-4-6-11/h2-8H,9H2,1H3,(H2,15,17). The van der Waals surface area contributed by atoms with Gasteiger partial charge >= 0.3 is 0 Å². The lowest BCUT2D eigenvalue weighted by molar-refractivity contribution is 0.0997. The van der Waals surface area contributed by atoms with Crippen molar-refractivity contribution < 1.29 is 4.79 Å². The molecule has 2 aromatic rings. The van der Waals surface area contributed by atoms with Gasteiger partial charge < -0.3 is 5.73 Å². The first kappa shape index (κ1) is 12.6. The van der Waals surface area contributed by atoms with Crippen LogP contribution in [0.3, 0.4) is 0 Å². The summed E-state index contributed by atoms with van der Waals surface area (Å²) in [5.74, 6) is 0.343. The van der Waals surface area contributed by atoms with E-state index in [0.29, 0.717) is 10.6 Å². The van der Waals surface area contributed by atoms with Gasteiger partial charge in [0.1, 0.15) is 5.03 Å². The predicted molar refractivity (Wildman–Crippen MR) is 73.5 cm³/mol. The molecule has 0 fully saturated rings. The van der Waals surface area contributed by atoms with Gasteiger partial charge in [-0.15, -0.1) is 11.8 Å². The van der Waals surface area contributed by atoms with E-state index >= 15 is 0 Å². The molecule has 0 spiro atoms. The molecule has 1 amide bonds. The first-order chi connectivity index (χ1) is 8.66. The molecule has 0 saturated heterocycles. The summed E-state index contributed by atoms with van der Waals surface area (Å²) in [6, 6.07) is 13.6. The Kier molecular flexibility index (Phi) is 3.99. The van der Waals surface area contributed by atoms with Gasteiger partial charge in [0.15, 0.2) is 0 Å². The third kappa shape index (κ3) is 3.11. The second-order valence-electron chi connectivity index (χ2n) is 3.94. The highest BCUT2D eigenvalue weighted by molar-refractivity contribution is 7.98. The van der Waals surface area contributed by atoms with Crippen LogP contribution in [0.5, 0.6) is 0 Å². The molecular formula is C14H14N2OS. The van der Waals surface area contributed by atoms with Crippen molar-refractivity contribution in [3.63, 3.8) is 0 Å². The van der Waals surface area contributed by atoms with Gasteiger partial charge in [-0.05, 0) is 24.6 Å². The van der Waals surface area contributed by atoms with E-state index < -0.39 is 5.91 Å². The summed E-state index contributed by atoms with van der Waals surface area (Å²) in [4.78, 5) is 15.7. The summed E-state index contributed by atoms with van der Waals surface area (Å²) in [5, 5.41) is 0.700. The van der Waals surface area contributed by atoms with Gasteiger partial charge in [-0.2, -0.15) is 0 Å². The fourth-order valence-corrected chi connectivity index (χ4v) is 2.58. The van der Waals surface area contributed by atoms with Crippen LogP contribution in [-0.4, -0.2) is 10.9 Å². The molecule has 0 radical (unpaired) electrons. The minimum absolute atomic E-state index is 0.432. The molecule has 0 unspecified atom stereocenters. The van der Waals surface area contributed by atoms with Crippen LogP contribution in [0.4, 0.5) is 0 Å². The molecule has 1 aromatic heterocycles. The number of hydrogen-bond donors (Lipinski definition) is 1. The van der Waals surface area contributed by atoms with E-state index in [1.807, 2.05) is 37.3 Å². The van der Waals surface area contributed by atoms with Crippen molar-refractivity contribution in [2.75, 3.05) is 0 Å². The van der Waals surface area contributed by atoms with Crippen molar-refractivity contribution in [3.05, 3.63) is 59.3 Å². The molecule has 1 aromatic carbocycles. The lowest BCUT2D eigenvalue weighted by Crippen LogP contribution is -2.13. The van der Waals surface area contributed by atoms with Crippen LogP contribution in [0.2, 0.25) is 0 Å². The van der Waals surface area contributed by atoms with E-state index in [1.165, 1.54) is 17.3 Å². The Balaban J connectivity index is 2.18. The molecule has 92 valence electrons. The van der Waals surface area contributed by atoms with E-state index in [2.05, 4.69) is 4.98 Å². The Labute approximate surface area is 110 Å². The minimum atomic E-state index is -0.432. The number of thioether (sulfide) groups is 1. The Morgan fingerprint density at radius 1 is 1.22 bits per heavy atom. The Bertz CT molecular complexity index is 555. The van der Waals surface area contributed by atoms with E-state index in [9.17, 15) is 4.79 Å².